The molecule has 1 amide bonds. The third-order valence-electron chi connectivity index (χ3n) is 4.37. The van der Waals surface area contributed by atoms with Gasteiger partial charge in [0, 0.05) is 36.4 Å². The summed E-state index contributed by atoms with van der Waals surface area (Å²) in [6, 6.07) is 10.3. The zero-order valence-electron chi connectivity index (χ0n) is 13.2. The molecule has 1 atom stereocenters. The van der Waals surface area contributed by atoms with E-state index in [-0.39, 0.29) is 5.91 Å². The van der Waals surface area contributed by atoms with Crippen LogP contribution in [0.3, 0.4) is 0 Å². The van der Waals surface area contributed by atoms with Crippen LogP contribution >= 0.6 is 11.3 Å². The van der Waals surface area contributed by atoms with Crippen molar-refractivity contribution in [1.29, 1.82) is 0 Å². The number of imidazole rings is 1. The average molecular weight is 338 g/mol. The van der Waals surface area contributed by atoms with Gasteiger partial charge in [0.1, 0.15) is 10.7 Å². The van der Waals surface area contributed by atoms with E-state index in [1.54, 1.807) is 6.20 Å². The Bertz CT molecular complexity index is 813. The van der Waals surface area contributed by atoms with E-state index >= 15 is 0 Å². The molecule has 1 saturated heterocycles. The van der Waals surface area contributed by atoms with E-state index < -0.39 is 0 Å². The molecule has 1 fully saturated rings. The van der Waals surface area contributed by atoms with E-state index in [2.05, 4.69) is 14.5 Å². The Morgan fingerprint density at radius 1 is 1.25 bits per heavy atom. The fraction of sp³-hybridized carbons (Fsp3) is 0.278. The highest BCUT2D eigenvalue weighted by Gasteiger charge is 2.26. The van der Waals surface area contributed by atoms with Crippen molar-refractivity contribution in [2.45, 2.75) is 18.9 Å². The molecule has 0 unspecified atom stereocenters. The van der Waals surface area contributed by atoms with Crippen molar-refractivity contribution >= 4 is 17.2 Å². The molecule has 4 rings (SSSR count). The second-order valence-electron chi connectivity index (χ2n) is 5.96. The quantitative estimate of drug-likeness (QED) is 0.734. The van der Waals surface area contributed by atoms with Crippen molar-refractivity contribution in [3.05, 3.63) is 60.1 Å². The van der Waals surface area contributed by atoms with E-state index in [1.165, 1.54) is 11.3 Å². The molecule has 6 heteroatoms. The molecule has 3 heterocycles. The summed E-state index contributed by atoms with van der Waals surface area (Å²) < 4.78 is 2.09. The zero-order valence-corrected chi connectivity index (χ0v) is 14.0. The number of nitrogens with zero attached hydrogens (tertiary/aromatic N) is 4. The van der Waals surface area contributed by atoms with Gasteiger partial charge in [0.2, 0.25) is 0 Å². The summed E-state index contributed by atoms with van der Waals surface area (Å²) in [6.45, 7) is 1.51. The summed E-state index contributed by atoms with van der Waals surface area (Å²) in [6.07, 6.45) is 7.66. The van der Waals surface area contributed by atoms with Crippen LogP contribution in [-0.4, -0.2) is 38.4 Å². The van der Waals surface area contributed by atoms with Crippen molar-refractivity contribution < 1.29 is 4.79 Å². The predicted molar refractivity (Wildman–Crippen MR) is 94.0 cm³/mol. The summed E-state index contributed by atoms with van der Waals surface area (Å²) in [5.41, 5.74) is 1.60. The molecule has 0 radical (unpaired) electrons. The van der Waals surface area contributed by atoms with Gasteiger partial charge in [0.05, 0.1) is 12.4 Å². The Balaban J connectivity index is 1.50. The molecule has 0 N–H and O–H groups in total. The van der Waals surface area contributed by atoms with E-state index in [4.69, 9.17) is 0 Å². The lowest BCUT2D eigenvalue weighted by molar-refractivity contribution is 0.0674. The number of amides is 1. The van der Waals surface area contributed by atoms with Crippen LogP contribution in [0.15, 0.2) is 54.4 Å². The largest absolute Gasteiger partial charge is 0.335 e. The minimum Gasteiger partial charge on any atom is -0.335 e. The van der Waals surface area contributed by atoms with E-state index in [0.29, 0.717) is 18.3 Å². The SMILES string of the molecule is O=C(c1csc(-c2ccccc2)n1)N1CCC[C@H](n2ccnc2)C1. The van der Waals surface area contributed by atoms with Gasteiger partial charge in [0.15, 0.2) is 0 Å². The molecule has 0 spiro atoms. The molecule has 1 aliphatic rings. The third-order valence-corrected chi connectivity index (χ3v) is 5.27. The van der Waals surface area contributed by atoms with Crippen LogP contribution in [0.2, 0.25) is 0 Å². The van der Waals surface area contributed by atoms with E-state index in [0.717, 1.165) is 30.0 Å². The van der Waals surface area contributed by atoms with E-state index in [1.807, 2.05) is 53.1 Å². The molecule has 0 aliphatic carbocycles. The second-order valence-corrected chi connectivity index (χ2v) is 6.82. The highest BCUT2D eigenvalue weighted by molar-refractivity contribution is 7.13. The topological polar surface area (TPSA) is 51.0 Å². The minimum atomic E-state index is 0.0262. The molecular formula is C18H18N4OS. The van der Waals surface area contributed by atoms with Gasteiger partial charge in [-0.3, -0.25) is 4.79 Å². The lowest BCUT2D eigenvalue weighted by Crippen LogP contribution is -2.40. The maximum absolute atomic E-state index is 12.8. The van der Waals surface area contributed by atoms with Gasteiger partial charge in [0.25, 0.3) is 5.91 Å². The zero-order chi connectivity index (χ0) is 16.4. The van der Waals surface area contributed by atoms with Gasteiger partial charge in [-0.25, -0.2) is 9.97 Å². The summed E-state index contributed by atoms with van der Waals surface area (Å²) in [5, 5.41) is 2.76. The number of hydrogen-bond donors (Lipinski definition) is 0. The minimum absolute atomic E-state index is 0.0262. The number of aromatic nitrogens is 3. The number of carbonyl (C=O) groups excluding carboxylic acids is 1. The number of hydrogen-bond acceptors (Lipinski definition) is 4. The predicted octanol–water partition coefficient (Wildman–Crippen LogP) is 3.48. The molecule has 2 aromatic heterocycles. The number of thiazole rings is 1. The third kappa shape index (κ3) is 2.97. The Morgan fingerprint density at radius 2 is 2.12 bits per heavy atom. The first-order valence-corrected chi connectivity index (χ1v) is 8.97. The first-order chi connectivity index (χ1) is 11.8. The summed E-state index contributed by atoms with van der Waals surface area (Å²) in [7, 11) is 0. The van der Waals surface area contributed by atoms with Gasteiger partial charge in [-0.1, -0.05) is 30.3 Å². The fourth-order valence-electron chi connectivity index (χ4n) is 3.12. The van der Waals surface area contributed by atoms with Crippen LogP contribution in [0.1, 0.15) is 29.4 Å². The second kappa shape index (κ2) is 6.57. The average Bonchev–Trinajstić information content (AvgIpc) is 3.34. The summed E-state index contributed by atoms with van der Waals surface area (Å²) >= 11 is 1.52. The number of likely N-dealkylation sites (tertiary alicyclic amines) is 1. The molecule has 24 heavy (non-hydrogen) atoms. The highest BCUT2D eigenvalue weighted by atomic mass is 32.1. The molecule has 0 bridgehead atoms. The van der Waals surface area contributed by atoms with Crippen LogP contribution in [0, 0.1) is 0 Å². The van der Waals surface area contributed by atoms with Gasteiger partial charge in [-0.15, -0.1) is 11.3 Å². The monoisotopic (exact) mass is 338 g/mol. The van der Waals surface area contributed by atoms with Crippen LogP contribution in [0.25, 0.3) is 10.6 Å². The van der Waals surface area contributed by atoms with Gasteiger partial charge in [-0.2, -0.15) is 0 Å². The Hall–Kier alpha value is -2.47. The van der Waals surface area contributed by atoms with Crippen LogP contribution in [0.4, 0.5) is 0 Å². The first-order valence-electron chi connectivity index (χ1n) is 8.09. The molecule has 1 aliphatic heterocycles. The van der Waals surface area contributed by atoms with Crippen molar-refractivity contribution in [3.8, 4) is 10.6 Å². The van der Waals surface area contributed by atoms with Crippen LogP contribution in [0.5, 0.6) is 0 Å². The van der Waals surface area contributed by atoms with Crippen molar-refractivity contribution in [1.82, 2.24) is 19.4 Å². The number of piperidine rings is 1. The lowest BCUT2D eigenvalue weighted by Gasteiger charge is -2.32. The summed E-state index contributed by atoms with van der Waals surface area (Å²) in [5.74, 6) is 0.0262. The Morgan fingerprint density at radius 3 is 2.92 bits per heavy atom. The molecule has 3 aromatic rings. The van der Waals surface area contributed by atoms with Gasteiger partial charge < -0.3 is 9.47 Å². The lowest BCUT2D eigenvalue weighted by atomic mass is 10.1. The highest BCUT2D eigenvalue weighted by Crippen LogP contribution is 2.26. The molecule has 0 saturated carbocycles. The standard InChI is InChI=1S/C18H18N4OS/c23-18(16-12-24-17(20-16)14-5-2-1-3-6-14)21-9-4-7-15(11-21)22-10-8-19-13-22/h1-3,5-6,8,10,12-13,15H,4,7,9,11H2/t15-/m0/s1. The molecular weight excluding hydrogens is 320 g/mol. The Labute approximate surface area is 144 Å². The maximum atomic E-state index is 12.8. The van der Waals surface area contributed by atoms with Crippen molar-refractivity contribution in [2.24, 2.45) is 0 Å². The van der Waals surface area contributed by atoms with Crippen LogP contribution < -0.4 is 0 Å². The number of carbonyl (C=O) groups is 1. The number of benzene rings is 1. The maximum Gasteiger partial charge on any atom is 0.273 e. The Kier molecular flexibility index (Phi) is 4.13. The van der Waals surface area contributed by atoms with Crippen LogP contribution in [-0.2, 0) is 0 Å². The van der Waals surface area contributed by atoms with Gasteiger partial charge >= 0.3 is 0 Å². The molecule has 122 valence electrons. The smallest absolute Gasteiger partial charge is 0.273 e. The van der Waals surface area contributed by atoms with Gasteiger partial charge in [-0.05, 0) is 12.8 Å². The molecule has 5 nitrogen and oxygen atoms in total. The van der Waals surface area contributed by atoms with Crippen molar-refractivity contribution in [2.75, 3.05) is 13.1 Å². The summed E-state index contributed by atoms with van der Waals surface area (Å²) in [4.78, 5) is 23.4. The first kappa shape index (κ1) is 15.1. The van der Waals surface area contributed by atoms with Crippen molar-refractivity contribution in [3.63, 3.8) is 0 Å². The molecule has 1 aromatic carbocycles. The normalized spacial score (nSPS) is 17.8. The fourth-order valence-corrected chi connectivity index (χ4v) is 3.92. The van der Waals surface area contributed by atoms with E-state index in [9.17, 15) is 4.79 Å². The number of rotatable bonds is 3.